The molecule has 0 aliphatic heterocycles. The van der Waals surface area contributed by atoms with Crippen LogP contribution >= 0.6 is 0 Å². The van der Waals surface area contributed by atoms with Crippen LogP contribution < -0.4 is 15.8 Å². The van der Waals surface area contributed by atoms with Crippen LogP contribution in [0.25, 0.3) is 0 Å². The molecule has 0 saturated heterocycles. The second-order valence-electron chi connectivity index (χ2n) is 3.80. The first-order valence-electron chi connectivity index (χ1n) is 5.80. The summed E-state index contributed by atoms with van der Waals surface area (Å²) in [4.78, 5) is 10.5. The van der Waals surface area contributed by atoms with Crippen LogP contribution in [0.5, 0.6) is 5.75 Å². The van der Waals surface area contributed by atoms with Crippen molar-refractivity contribution < 1.29 is 9.53 Å². The van der Waals surface area contributed by atoms with Gasteiger partial charge in [-0.25, -0.2) is 0 Å². The van der Waals surface area contributed by atoms with E-state index in [0.29, 0.717) is 18.7 Å². The van der Waals surface area contributed by atoms with Crippen molar-refractivity contribution in [2.24, 2.45) is 5.73 Å². The lowest BCUT2D eigenvalue weighted by Crippen LogP contribution is -2.18. The first-order chi connectivity index (χ1) is 8.74. The summed E-state index contributed by atoms with van der Waals surface area (Å²) in [5, 5.41) is 11.7. The zero-order chi connectivity index (χ0) is 13.2. The van der Waals surface area contributed by atoms with Gasteiger partial charge in [0.15, 0.2) is 6.61 Å². The maximum Gasteiger partial charge on any atom is 0.217 e. The van der Waals surface area contributed by atoms with Gasteiger partial charge in [-0.1, -0.05) is 18.2 Å². The third-order valence-electron chi connectivity index (χ3n) is 2.36. The van der Waals surface area contributed by atoms with Crippen LogP contribution in [0, 0.1) is 11.3 Å². The van der Waals surface area contributed by atoms with E-state index in [2.05, 4.69) is 5.32 Å². The Morgan fingerprint density at radius 3 is 2.94 bits per heavy atom. The van der Waals surface area contributed by atoms with E-state index in [-0.39, 0.29) is 12.5 Å². The molecule has 1 amide bonds. The first kappa shape index (κ1) is 14.0. The number of carbonyl (C=O) groups is 1. The van der Waals surface area contributed by atoms with Gasteiger partial charge in [0.1, 0.15) is 11.8 Å². The van der Waals surface area contributed by atoms with E-state index in [1.807, 2.05) is 30.3 Å². The molecule has 0 saturated carbocycles. The van der Waals surface area contributed by atoms with Gasteiger partial charge in [0, 0.05) is 18.5 Å². The summed E-state index contributed by atoms with van der Waals surface area (Å²) < 4.78 is 5.31. The molecule has 0 aromatic heterocycles. The smallest absolute Gasteiger partial charge is 0.217 e. The summed E-state index contributed by atoms with van der Waals surface area (Å²) in [7, 11) is 0. The van der Waals surface area contributed by atoms with Crippen LogP contribution in [0.4, 0.5) is 0 Å². The maximum atomic E-state index is 10.5. The summed E-state index contributed by atoms with van der Waals surface area (Å²) >= 11 is 0. The number of nitrogens with zero attached hydrogens (tertiary/aromatic N) is 1. The zero-order valence-corrected chi connectivity index (χ0v) is 10.2. The van der Waals surface area contributed by atoms with Crippen molar-refractivity contribution in [2.75, 3.05) is 13.2 Å². The van der Waals surface area contributed by atoms with Crippen LogP contribution in [0.15, 0.2) is 24.3 Å². The second kappa shape index (κ2) is 8.09. The van der Waals surface area contributed by atoms with E-state index in [1.54, 1.807) is 0 Å². The predicted octanol–water partition coefficient (Wildman–Crippen LogP) is 0.944. The van der Waals surface area contributed by atoms with Crippen LogP contribution in [0.3, 0.4) is 0 Å². The Labute approximate surface area is 107 Å². The number of rotatable bonds is 8. The highest BCUT2D eigenvalue weighted by Gasteiger charge is 2.02. The summed E-state index contributed by atoms with van der Waals surface area (Å²) in [6.07, 6.45) is 1.11. The molecule has 3 N–H and O–H groups in total. The number of ether oxygens (including phenoxy) is 1. The van der Waals surface area contributed by atoms with Gasteiger partial charge in [0.25, 0.3) is 0 Å². The molecular formula is C13H17N3O2. The number of para-hydroxylation sites is 1. The Hall–Kier alpha value is -2.06. The van der Waals surface area contributed by atoms with Crippen molar-refractivity contribution in [1.29, 1.82) is 5.26 Å². The highest BCUT2D eigenvalue weighted by molar-refractivity contribution is 5.73. The average molecular weight is 247 g/mol. The van der Waals surface area contributed by atoms with Crippen molar-refractivity contribution in [2.45, 2.75) is 19.4 Å². The number of amides is 1. The number of hydrogen-bond acceptors (Lipinski definition) is 4. The Morgan fingerprint density at radius 2 is 2.22 bits per heavy atom. The Bertz CT molecular complexity index is 426. The van der Waals surface area contributed by atoms with Crippen molar-refractivity contribution in [1.82, 2.24) is 5.32 Å². The predicted molar refractivity (Wildman–Crippen MR) is 67.7 cm³/mol. The minimum Gasteiger partial charge on any atom is -0.478 e. The minimum atomic E-state index is -0.283. The van der Waals surface area contributed by atoms with Crippen LogP contribution in [-0.4, -0.2) is 19.1 Å². The topological polar surface area (TPSA) is 88.1 Å². The van der Waals surface area contributed by atoms with E-state index in [1.165, 1.54) is 0 Å². The number of nitriles is 1. The van der Waals surface area contributed by atoms with E-state index in [9.17, 15) is 4.79 Å². The number of carbonyl (C=O) groups excluding carboxylic acids is 1. The summed E-state index contributed by atoms with van der Waals surface area (Å²) in [5.74, 6) is 0.427. The van der Waals surface area contributed by atoms with Crippen molar-refractivity contribution >= 4 is 5.91 Å². The largest absolute Gasteiger partial charge is 0.478 e. The fourth-order valence-electron chi connectivity index (χ4n) is 1.51. The fourth-order valence-corrected chi connectivity index (χ4v) is 1.51. The van der Waals surface area contributed by atoms with Crippen molar-refractivity contribution in [3.8, 4) is 11.8 Å². The van der Waals surface area contributed by atoms with Gasteiger partial charge in [-0.2, -0.15) is 5.26 Å². The monoisotopic (exact) mass is 247 g/mol. The molecule has 1 aromatic rings. The van der Waals surface area contributed by atoms with Crippen molar-refractivity contribution in [3.63, 3.8) is 0 Å². The molecule has 5 nitrogen and oxygen atoms in total. The molecule has 0 unspecified atom stereocenters. The summed E-state index contributed by atoms with van der Waals surface area (Å²) in [6.45, 7) is 1.40. The molecule has 0 aliphatic rings. The van der Waals surface area contributed by atoms with Gasteiger partial charge < -0.3 is 15.8 Å². The Balaban J connectivity index is 2.37. The molecule has 0 atom stereocenters. The molecule has 0 aliphatic carbocycles. The molecule has 0 spiro atoms. The van der Waals surface area contributed by atoms with Crippen LogP contribution in [0.2, 0.25) is 0 Å². The lowest BCUT2D eigenvalue weighted by molar-refractivity contribution is -0.118. The number of benzene rings is 1. The lowest BCUT2D eigenvalue weighted by Gasteiger charge is -2.09. The van der Waals surface area contributed by atoms with E-state index >= 15 is 0 Å². The second-order valence-corrected chi connectivity index (χ2v) is 3.80. The normalized spacial score (nSPS) is 9.72. The van der Waals surface area contributed by atoms with Crippen molar-refractivity contribution in [3.05, 3.63) is 29.8 Å². The minimum absolute atomic E-state index is 0.0404. The standard InChI is InChI=1S/C13H17N3O2/c14-7-9-18-12-5-2-1-4-11(12)10-16-8-3-6-13(15)17/h1-2,4-5,16H,3,6,8-10H2,(H2,15,17). The number of nitrogens with one attached hydrogen (secondary N) is 1. The number of hydrogen-bond donors (Lipinski definition) is 2. The lowest BCUT2D eigenvalue weighted by atomic mass is 10.2. The molecule has 1 aromatic carbocycles. The molecule has 0 fully saturated rings. The van der Waals surface area contributed by atoms with E-state index < -0.39 is 0 Å². The van der Waals surface area contributed by atoms with Gasteiger partial charge in [-0.05, 0) is 19.0 Å². The fraction of sp³-hybridized carbons (Fsp3) is 0.385. The number of nitrogens with two attached hydrogens (primary N) is 1. The highest BCUT2D eigenvalue weighted by atomic mass is 16.5. The molecule has 18 heavy (non-hydrogen) atoms. The van der Waals surface area contributed by atoms with Crippen LogP contribution in [-0.2, 0) is 11.3 Å². The van der Waals surface area contributed by atoms with Gasteiger partial charge in [0.05, 0.1) is 0 Å². The maximum absolute atomic E-state index is 10.5. The molecule has 96 valence electrons. The van der Waals surface area contributed by atoms with Gasteiger partial charge >= 0.3 is 0 Å². The van der Waals surface area contributed by atoms with Gasteiger partial charge in [0.2, 0.25) is 5.91 Å². The quantitative estimate of drug-likeness (QED) is 0.669. The SMILES string of the molecule is N#CCOc1ccccc1CNCCCC(N)=O. The highest BCUT2D eigenvalue weighted by Crippen LogP contribution is 2.17. The third-order valence-corrected chi connectivity index (χ3v) is 2.36. The van der Waals surface area contributed by atoms with E-state index in [0.717, 1.165) is 18.5 Å². The van der Waals surface area contributed by atoms with Crippen LogP contribution in [0.1, 0.15) is 18.4 Å². The summed E-state index contributed by atoms with van der Waals surface area (Å²) in [5.41, 5.74) is 6.04. The first-order valence-corrected chi connectivity index (χ1v) is 5.80. The van der Waals surface area contributed by atoms with Gasteiger partial charge in [-0.3, -0.25) is 4.79 Å². The average Bonchev–Trinajstić information content (AvgIpc) is 2.36. The van der Waals surface area contributed by atoms with E-state index in [4.69, 9.17) is 15.7 Å². The molecular weight excluding hydrogens is 230 g/mol. The summed E-state index contributed by atoms with van der Waals surface area (Å²) in [6, 6.07) is 9.49. The molecule has 0 heterocycles. The molecule has 5 heteroatoms. The molecule has 1 rings (SSSR count). The number of primary amides is 1. The van der Waals surface area contributed by atoms with Gasteiger partial charge in [-0.15, -0.1) is 0 Å². The third kappa shape index (κ3) is 5.32. The Kier molecular flexibility index (Phi) is 6.30. The zero-order valence-electron chi connectivity index (χ0n) is 10.2. The molecule has 0 bridgehead atoms. The Morgan fingerprint density at radius 1 is 1.44 bits per heavy atom. The molecule has 0 radical (unpaired) electrons.